The maximum Gasteiger partial charge on any atom is 0.0549 e. The number of aromatic nitrogens is 2. The number of para-hydroxylation sites is 2. The summed E-state index contributed by atoms with van der Waals surface area (Å²) in [5, 5.41) is 5.14. The molecule has 0 aliphatic heterocycles. The van der Waals surface area contributed by atoms with Gasteiger partial charge in [-0.1, -0.05) is 206 Å². The molecule has 0 spiro atoms. The van der Waals surface area contributed by atoms with Crippen molar-refractivity contribution in [1.82, 2.24) is 9.13 Å². The van der Waals surface area contributed by atoms with Crippen LogP contribution in [-0.4, -0.2) is 9.13 Å². The summed E-state index contributed by atoms with van der Waals surface area (Å²) >= 11 is 0. The fraction of sp³-hybridized carbons (Fsp3) is 0.0294. The monoisotopic (exact) mass is 888 g/mol. The third-order valence-corrected chi connectivity index (χ3v) is 15.5. The average Bonchev–Trinajstić information content (AvgIpc) is 4.20. The number of hydrogen-bond donors (Lipinski definition) is 0. The lowest BCUT2D eigenvalue weighted by Gasteiger charge is -2.14. The summed E-state index contributed by atoms with van der Waals surface area (Å²) in [5.41, 5.74) is 28.3. The minimum Gasteiger partial charge on any atom is -0.309 e. The first kappa shape index (κ1) is 39.1. The van der Waals surface area contributed by atoms with Crippen molar-refractivity contribution >= 4 is 43.6 Å². The molecule has 0 atom stereocenters. The van der Waals surface area contributed by atoms with Gasteiger partial charge in [-0.15, -0.1) is 0 Å². The maximum atomic E-state index is 2.56. The van der Waals surface area contributed by atoms with Crippen LogP contribution in [0.25, 0.3) is 122 Å². The highest BCUT2D eigenvalue weighted by molar-refractivity contribution is 6.29. The van der Waals surface area contributed by atoms with E-state index in [1.54, 1.807) is 0 Å². The van der Waals surface area contributed by atoms with Gasteiger partial charge >= 0.3 is 0 Å². The van der Waals surface area contributed by atoms with E-state index >= 15 is 0 Å². The fourth-order valence-electron chi connectivity index (χ4n) is 12.4. The fourth-order valence-corrected chi connectivity index (χ4v) is 12.4. The standard InChI is InChI=1S/C68H44N2/c1-3-15-43(16-4-1)45-31-35-47(36-32-45)49-21-11-23-51-53-25-13-29-63(59(53)41-57(49)51)69-61-27-9-7-19-55(61)67-65(69)39-40-66-68(67)56-20-8-10-28-62(56)70(66)64-30-14-26-54-52-24-12-22-50(58(52)42-60(54)64)48-37-33-46(34-38-48)44-17-5-2-6-18-44/h1-40H,41-42H2. The van der Waals surface area contributed by atoms with Gasteiger partial charge in [-0.25, -0.2) is 0 Å². The highest BCUT2D eigenvalue weighted by Gasteiger charge is 2.29. The third kappa shape index (κ3) is 5.74. The molecule has 11 aromatic carbocycles. The van der Waals surface area contributed by atoms with Crippen molar-refractivity contribution in [3.8, 4) is 78.1 Å². The van der Waals surface area contributed by atoms with Crippen LogP contribution in [0, 0.1) is 0 Å². The Kier molecular flexibility index (Phi) is 8.52. The Labute approximate surface area is 406 Å². The Hall–Kier alpha value is -8.98. The van der Waals surface area contributed by atoms with Crippen molar-refractivity contribution in [1.29, 1.82) is 0 Å². The van der Waals surface area contributed by atoms with E-state index in [-0.39, 0.29) is 0 Å². The van der Waals surface area contributed by atoms with E-state index in [0.717, 1.165) is 12.8 Å². The van der Waals surface area contributed by atoms with Crippen LogP contribution in [0.1, 0.15) is 22.3 Å². The Morgan fingerprint density at radius 3 is 0.971 bits per heavy atom. The summed E-state index contributed by atoms with van der Waals surface area (Å²) in [7, 11) is 0. The molecule has 2 nitrogen and oxygen atoms in total. The Balaban J connectivity index is 0.865. The van der Waals surface area contributed by atoms with Crippen LogP contribution in [0.2, 0.25) is 0 Å². The van der Waals surface area contributed by atoms with Gasteiger partial charge in [0.25, 0.3) is 0 Å². The van der Waals surface area contributed by atoms with Crippen molar-refractivity contribution in [2.75, 3.05) is 0 Å². The van der Waals surface area contributed by atoms with Crippen LogP contribution in [0.5, 0.6) is 0 Å². The summed E-state index contributed by atoms with van der Waals surface area (Å²) in [6.07, 6.45) is 1.74. The smallest absolute Gasteiger partial charge is 0.0549 e. The van der Waals surface area contributed by atoms with Gasteiger partial charge in [0, 0.05) is 34.4 Å². The molecule has 2 heteroatoms. The predicted molar refractivity (Wildman–Crippen MR) is 293 cm³/mol. The van der Waals surface area contributed by atoms with Crippen molar-refractivity contribution in [2.24, 2.45) is 0 Å². The van der Waals surface area contributed by atoms with Gasteiger partial charge in [-0.05, 0) is 125 Å². The second-order valence-corrected chi connectivity index (χ2v) is 19.1. The normalized spacial score (nSPS) is 12.5. The molecule has 0 radical (unpaired) electrons. The van der Waals surface area contributed by atoms with Crippen molar-refractivity contribution in [2.45, 2.75) is 12.8 Å². The molecule has 326 valence electrons. The van der Waals surface area contributed by atoms with E-state index in [1.807, 2.05) is 0 Å². The molecule has 0 saturated heterocycles. The summed E-state index contributed by atoms with van der Waals surface area (Å²) in [6, 6.07) is 90.0. The molecule has 0 N–H and O–H groups in total. The van der Waals surface area contributed by atoms with E-state index in [4.69, 9.17) is 0 Å². The van der Waals surface area contributed by atoms with E-state index in [0.29, 0.717) is 0 Å². The molecule has 0 saturated carbocycles. The largest absolute Gasteiger partial charge is 0.309 e. The van der Waals surface area contributed by atoms with Crippen molar-refractivity contribution < 1.29 is 0 Å². The van der Waals surface area contributed by atoms with Crippen molar-refractivity contribution in [3.05, 3.63) is 265 Å². The highest BCUT2D eigenvalue weighted by atomic mass is 15.0. The summed E-state index contributed by atoms with van der Waals surface area (Å²) < 4.78 is 5.11. The van der Waals surface area contributed by atoms with Gasteiger partial charge in [0.15, 0.2) is 0 Å². The minimum absolute atomic E-state index is 0.870. The van der Waals surface area contributed by atoms with Crippen LogP contribution in [0.15, 0.2) is 243 Å². The highest BCUT2D eigenvalue weighted by Crippen LogP contribution is 2.49. The third-order valence-electron chi connectivity index (χ3n) is 15.5. The lowest BCUT2D eigenvalue weighted by atomic mass is 9.94. The molecule has 0 bridgehead atoms. The molecule has 13 aromatic rings. The quantitative estimate of drug-likeness (QED) is 0.157. The molecular weight excluding hydrogens is 845 g/mol. The van der Waals surface area contributed by atoms with Gasteiger partial charge in [0.1, 0.15) is 0 Å². The molecular formula is C68H44N2. The first-order valence-corrected chi connectivity index (χ1v) is 24.5. The number of rotatable bonds is 6. The lowest BCUT2D eigenvalue weighted by molar-refractivity contribution is 1.12. The average molecular weight is 889 g/mol. The Morgan fingerprint density at radius 2 is 0.543 bits per heavy atom. The van der Waals surface area contributed by atoms with Gasteiger partial charge in [-0.2, -0.15) is 0 Å². The van der Waals surface area contributed by atoms with Gasteiger partial charge < -0.3 is 9.13 Å². The molecule has 2 aromatic heterocycles. The van der Waals surface area contributed by atoms with Crippen LogP contribution < -0.4 is 0 Å². The van der Waals surface area contributed by atoms with Gasteiger partial charge in [0.2, 0.25) is 0 Å². The number of benzene rings is 11. The second-order valence-electron chi connectivity index (χ2n) is 19.1. The topological polar surface area (TPSA) is 9.86 Å². The van der Waals surface area contributed by atoms with Crippen molar-refractivity contribution in [3.63, 3.8) is 0 Å². The van der Waals surface area contributed by atoms with Gasteiger partial charge in [-0.3, -0.25) is 0 Å². The minimum atomic E-state index is 0.870. The molecule has 0 fully saturated rings. The lowest BCUT2D eigenvalue weighted by Crippen LogP contribution is -2.00. The van der Waals surface area contributed by atoms with Crippen LogP contribution in [0.4, 0.5) is 0 Å². The first-order chi connectivity index (χ1) is 34.7. The summed E-state index contributed by atoms with van der Waals surface area (Å²) in [6.45, 7) is 0. The molecule has 2 heterocycles. The predicted octanol–water partition coefficient (Wildman–Crippen LogP) is 17.7. The molecule has 2 aliphatic carbocycles. The Morgan fingerprint density at radius 1 is 0.214 bits per heavy atom. The zero-order chi connectivity index (χ0) is 45.9. The summed E-state index contributed by atoms with van der Waals surface area (Å²) in [4.78, 5) is 0. The first-order valence-electron chi connectivity index (χ1n) is 24.5. The zero-order valence-electron chi connectivity index (χ0n) is 38.4. The van der Waals surface area contributed by atoms with Gasteiger partial charge in [0.05, 0.1) is 33.4 Å². The van der Waals surface area contributed by atoms with E-state index in [2.05, 4.69) is 252 Å². The SMILES string of the molecule is c1ccc(-c2ccc(-c3cccc4c3Cc3c-4cccc3-n3c4ccccc4c4c5c6ccccc6n(-c6cccc7c6Cc6c(-c8ccc(-c9ccccc9)cc8)cccc6-7)c5ccc43)cc2)cc1. The van der Waals surface area contributed by atoms with Crippen LogP contribution in [0.3, 0.4) is 0 Å². The van der Waals surface area contributed by atoms with Crippen LogP contribution >= 0.6 is 0 Å². The summed E-state index contributed by atoms with van der Waals surface area (Å²) in [5.74, 6) is 0. The molecule has 15 rings (SSSR count). The van der Waals surface area contributed by atoms with E-state index in [1.165, 1.54) is 144 Å². The van der Waals surface area contributed by atoms with E-state index in [9.17, 15) is 0 Å². The zero-order valence-corrected chi connectivity index (χ0v) is 38.4. The maximum absolute atomic E-state index is 2.56. The van der Waals surface area contributed by atoms with Crippen LogP contribution in [-0.2, 0) is 12.8 Å². The number of nitrogens with zero attached hydrogens (tertiary/aromatic N) is 2. The molecule has 2 aliphatic rings. The second kappa shape index (κ2) is 15.3. The molecule has 0 unspecified atom stereocenters. The van der Waals surface area contributed by atoms with E-state index < -0.39 is 0 Å². The Bertz CT molecular complexity index is 3970. The molecule has 70 heavy (non-hydrogen) atoms. The number of hydrogen-bond acceptors (Lipinski definition) is 0. The number of fused-ring (bicyclic) bond motifs is 13. The molecule has 0 amide bonds.